The molecule has 0 bridgehead atoms. The third kappa shape index (κ3) is 3.99. The molecular formula is C13H21NO3S. The minimum Gasteiger partial charge on any atom is -0.383 e. The monoisotopic (exact) mass is 271 g/mol. The van der Waals surface area contributed by atoms with E-state index in [4.69, 9.17) is 4.74 Å². The summed E-state index contributed by atoms with van der Waals surface area (Å²) in [7, 11) is -1.58. The van der Waals surface area contributed by atoms with Crippen molar-refractivity contribution in [3.05, 3.63) is 24.3 Å². The highest BCUT2D eigenvalue weighted by molar-refractivity contribution is 7.91. The van der Waals surface area contributed by atoms with Crippen LogP contribution in [-0.4, -0.2) is 33.9 Å². The third-order valence-corrected chi connectivity index (χ3v) is 4.49. The molecule has 4 nitrogen and oxygen atoms in total. The van der Waals surface area contributed by atoms with Crippen molar-refractivity contribution in [2.75, 3.05) is 24.8 Å². The summed E-state index contributed by atoms with van der Waals surface area (Å²) in [5.74, 6) is 0.171. The number of ether oxygens (including phenoxy) is 1. The highest BCUT2D eigenvalue weighted by atomic mass is 32.2. The maximum Gasteiger partial charge on any atom is 0.180 e. The second kappa shape index (κ2) is 6.75. The largest absolute Gasteiger partial charge is 0.383 e. The number of hydrogen-bond donors (Lipinski definition) is 1. The molecule has 1 atom stereocenters. The van der Waals surface area contributed by atoms with Gasteiger partial charge in [0.05, 0.1) is 22.9 Å². The molecule has 1 aromatic carbocycles. The van der Waals surface area contributed by atoms with Crippen molar-refractivity contribution in [3.8, 4) is 0 Å². The second-order valence-electron chi connectivity index (χ2n) is 4.32. The smallest absolute Gasteiger partial charge is 0.180 e. The molecule has 0 aliphatic rings. The lowest BCUT2D eigenvalue weighted by atomic mass is 10.3. The molecule has 0 aliphatic carbocycles. The fraction of sp³-hybridized carbons (Fsp3) is 0.538. The molecule has 0 fully saturated rings. The zero-order valence-electron chi connectivity index (χ0n) is 11.1. The zero-order chi connectivity index (χ0) is 13.6. The van der Waals surface area contributed by atoms with E-state index in [1.54, 1.807) is 25.3 Å². The van der Waals surface area contributed by atoms with Crippen LogP contribution < -0.4 is 5.32 Å². The SMILES string of the molecule is CCCS(=O)(=O)c1ccccc1NC(C)COC. The maximum atomic E-state index is 12.1. The topological polar surface area (TPSA) is 55.4 Å². The number of methoxy groups -OCH3 is 1. The van der Waals surface area contributed by atoms with Crippen molar-refractivity contribution >= 4 is 15.5 Å². The summed E-state index contributed by atoms with van der Waals surface area (Å²) in [6, 6.07) is 7.07. The van der Waals surface area contributed by atoms with Gasteiger partial charge in [-0.15, -0.1) is 0 Å². The molecule has 0 aromatic heterocycles. The van der Waals surface area contributed by atoms with Crippen LogP contribution >= 0.6 is 0 Å². The number of sulfone groups is 1. The fourth-order valence-corrected chi connectivity index (χ4v) is 3.30. The van der Waals surface area contributed by atoms with Crippen LogP contribution in [0.5, 0.6) is 0 Å². The number of hydrogen-bond acceptors (Lipinski definition) is 4. The molecule has 1 N–H and O–H groups in total. The predicted molar refractivity (Wildman–Crippen MR) is 73.7 cm³/mol. The Balaban J connectivity index is 3.00. The average molecular weight is 271 g/mol. The molecule has 5 heteroatoms. The first-order chi connectivity index (χ1) is 8.51. The van der Waals surface area contributed by atoms with E-state index in [0.717, 1.165) is 0 Å². The first kappa shape index (κ1) is 15.0. The van der Waals surface area contributed by atoms with Crippen molar-refractivity contribution in [2.45, 2.75) is 31.2 Å². The molecule has 1 unspecified atom stereocenters. The summed E-state index contributed by atoms with van der Waals surface area (Å²) in [5, 5.41) is 3.17. The van der Waals surface area contributed by atoms with Crippen molar-refractivity contribution < 1.29 is 13.2 Å². The molecule has 18 heavy (non-hydrogen) atoms. The molecule has 0 spiro atoms. The predicted octanol–water partition coefficient (Wildman–Crippen LogP) is 2.32. The Morgan fingerprint density at radius 1 is 1.33 bits per heavy atom. The van der Waals surface area contributed by atoms with Crippen LogP contribution in [0, 0.1) is 0 Å². The number of benzene rings is 1. The highest BCUT2D eigenvalue weighted by Gasteiger charge is 2.18. The van der Waals surface area contributed by atoms with Crippen molar-refractivity contribution in [1.29, 1.82) is 0 Å². The standard InChI is InChI=1S/C13H21NO3S/c1-4-9-18(15,16)13-8-6-5-7-12(13)14-11(2)10-17-3/h5-8,11,14H,4,9-10H2,1-3H3. The van der Waals surface area contributed by atoms with Gasteiger partial charge in [0.2, 0.25) is 0 Å². The molecule has 0 heterocycles. The van der Waals surface area contributed by atoms with Gasteiger partial charge in [-0.2, -0.15) is 0 Å². The summed E-state index contributed by atoms with van der Waals surface area (Å²) in [4.78, 5) is 0.370. The molecule has 0 saturated heterocycles. The first-order valence-electron chi connectivity index (χ1n) is 6.08. The molecule has 102 valence electrons. The molecular weight excluding hydrogens is 250 g/mol. The van der Waals surface area contributed by atoms with Crippen LogP contribution in [0.4, 0.5) is 5.69 Å². The van der Waals surface area contributed by atoms with E-state index in [9.17, 15) is 8.42 Å². The van der Waals surface area contributed by atoms with Crippen LogP contribution in [0.3, 0.4) is 0 Å². The van der Waals surface area contributed by atoms with Gasteiger partial charge in [-0.3, -0.25) is 0 Å². The minimum atomic E-state index is -3.20. The molecule has 1 rings (SSSR count). The van der Waals surface area contributed by atoms with Gasteiger partial charge in [-0.05, 0) is 25.5 Å². The maximum absolute atomic E-state index is 12.1. The summed E-state index contributed by atoms with van der Waals surface area (Å²) < 4.78 is 29.3. The Morgan fingerprint density at radius 3 is 2.61 bits per heavy atom. The summed E-state index contributed by atoms with van der Waals surface area (Å²) in [6.07, 6.45) is 0.615. The number of anilines is 1. The van der Waals surface area contributed by atoms with Crippen molar-refractivity contribution in [3.63, 3.8) is 0 Å². The van der Waals surface area contributed by atoms with E-state index in [2.05, 4.69) is 5.32 Å². The van der Waals surface area contributed by atoms with Gasteiger partial charge in [0.15, 0.2) is 9.84 Å². The van der Waals surface area contributed by atoms with E-state index in [1.807, 2.05) is 19.9 Å². The van der Waals surface area contributed by atoms with Crippen molar-refractivity contribution in [1.82, 2.24) is 0 Å². The Labute approximate surface area is 109 Å². The van der Waals surface area contributed by atoms with Gasteiger partial charge in [0.25, 0.3) is 0 Å². The third-order valence-electron chi connectivity index (χ3n) is 2.51. The first-order valence-corrected chi connectivity index (χ1v) is 7.73. The molecule has 0 aliphatic heterocycles. The van der Waals surface area contributed by atoms with E-state index in [0.29, 0.717) is 23.6 Å². The lowest BCUT2D eigenvalue weighted by molar-refractivity contribution is 0.190. The van der Waals surface area contributed by atoms with Crippen molar-refractivity contribution in [2.24, 2.45) is 0 Å². The van der Waals surface area contributed by atoms with Crippen LogP contribution in [0.1, 0.15) is 20.3 Å². The Bertz CT molecular complexity index is 471. The minimum absolute atomic E-state index is 0.0629. The van der Waals surface area contributed by atoms with E-state index in [-0.39, 0.29) is 11.8 Å². The average Bonchev–Trinajstić information content (AvgIpc) is 2.29. The molecule has 1 aromatic rings. The highest BCUT2D eigenvalue weighted by Crippen LogP contribution is 2.23. The Hall–Kier alpha value is -1.07. The Kier molecular flexibility index (Phi) is 5.62. The lowest BCUT2D eigenvalue weighted by Gasteiger charge is -2.17. The second-order valence-corrected chi connectivity index (χ2v) is 6.39. The molecule has 0 radical (unpaired) electrons. The van der Waals surface area contributed by atoms with Gasteiger partial charge in [-0.25, -0.2) is 8.42 Å². The van der Waals surface area contributed by atoms with Crippen LogP contribution in [-0.2, 0) is 14.6 Å². The number of para-hydroxylation sites is 1. The molecule has 0 amide bonds. The summed E-state index contributed by atoms with van der Waals surface area (Å²) >= 11 is 0. The molecule has 0 saturated carbocycles. The van der Waals surface area contributed by atoms with Crippen LogP contribution in [0.25, 0.3) is 0 Å². The van der Waals surface area contributed by atoms with Gasteiger partial charge < -0.3 is 10.1 Å². The van der Waals surface area contributed by atoms with Gasteiger partial charge in [0, 0.05) is 13.2 Å². The quantitative estimate of drug-likeness (QED) is 0.827. The van der Waals surface area contributed by atoms with Gasteiger partial charge in [-0.1, -0.05) is 19.1 Å². The number of rotatable bonds is 7. The van der Waals surface area contributed by atoms with Crippen LogP contribution in [0.2, 0.25) is 0 Å². The number of nitrogens with one attached hydrogen (secondary N) is 1. The van der Waals surface area contributed by atoms with Gasteiger partial charge in [0.1, 0.15) is 0 Å². The van der Waals surface area contributed by atoms with E-state index in [1.165, 1.54) is 0 Å². The fourth-order valence-electron chi connectivity index (χ4n) is 1.79. The van der Waals surface area contributed by atoms with E-state index < -0.39 is 9.84 Å². The Morgan fingerprint density at radius 2 is 2.00 bits per heavy atom. The summed E-state index contributed by atoms with van der Waals surface area (Å²) in [5.41, 5.74) is 0.649. The lowest BCUT2D eigenvalue weighted by Crippen LogP contribution is -2.22. The zero-order valence-corrected chi connectivity index (χ0v) is 12.0. The van der Waals surface area contributed by atoms with E-state index >= 15 is 0 Å². The van der Waals surface area contributed by atoms with Gasteiger partial charge >= 0.3 is 0 Å². The van der Waals surface area contributed by atoms with Crippen LogP contribution in [0.15, 0.2) is 29.2 Å². The normalized spacial score (nSPS) is 13.3. The summed E-state index contributed by atoms with van der Waals surface area (Å²) in [6.45, 7) is 4.34.